The topological polar surface area (TPSA) is 75.3 Å². The standard InChI is InChI=1S/C15H15FN2O2/c1-8-6-14(9(2)5-13(8)17)18-15(20)11-4-3-10(19)7-12(11)16/h3-7,19H,17H2,1-2H3,(H,18,20). The predicted molar refractivity (Wildman–Crippen MR) is 76.3 cm³/mol. The number of phenols is 1. The van der Waals surface area contributed by atoms with Crippen molar-refractivity contribution in [1.82, 2.24) is 0 Å². The van der Waals surface area contributed by atoms with Crippen LogP contribution in [0.3, 0.4) is 0 Å². The van der Waals surface area contributed by atoms with Crippen molar-refractivity contribution in [2.45, 2.75) is 13.8 Å². The molecule has 0 saturated heterocycles. The summed E-state index contributed by atoms with van der Waals surface area (Å²) in [5.41, 5.74) is 8.48. The first-order valence-electron chi connectivity index (χ1n) is 6.05. The van der Waals surface area contributed by atoms with E-state index in [1.807, 2.05) is 6.92 Å². The molecule has 20 heavy (non-hydrogen) atoms. The molecule has 0 atom stereocenters. The third kappa shape index (κ3) is 2.71. The molecule has 0 saturated carbocycles. The molecule has 4 nitrogen and oxygen atoms in total. The van der Waals surface area contributed by atoms with E-state index in [-0.39, 0.29) is 11.3 Å². The molecule has 0 aromatic heterocycles. The number of carbonyl (C=O) groups excluding carboxylic acids is 1. The highest BCUT2D eigenvalue weighted by Crippen LogP contribution is 2.23. The van der Waals surface area contributed by atoms with Crippen molar-refractivity contribution in [3.63, 3.8) is 0 Å². The number of benzene rings is 2. The van der Waals surface area contributed by atoms with Gasteiger partial charge in [0, 0.05) is 17.4 Å². The number of nitrogens with two attached hydrogens (primary N) is 1. The van der Waals surface area contributed by atoms with Crippen LogP contribution in [0.15, 0.2) is 30.3 Å². The van der Waals surface area contributed by atoms with Crippen molar-refractivity contribution in [1.29, 1.82) is 0 Å². The normalized spacial score (nSPS) is 10.3. The molecule has 0 unspecified atom stereocenters. The van der Waals surface area contributed by atoms with Crippen LogP contribution in [0.25, 0.3) is 0 Å². The number of aromatic hydroxyl groups is 1. The summed E-state index contributed by atoms with van der Waals surface area (Å²) in [7, 11) is 0. The van der Waals surface area contributed by atoms with E-state index in [0.717, 1.165) is 17.2 Å². The van der Waals surface area contributed by atoms with Gasteiger partial charge in [0.15, 0.2) is 0 Å². The van der Waals surface area contributed by atoms with Crippen LogP contribution in [0.4, 0.5) is 15.8 Å². The van der Waals surface area contributed by atoms with Crippen LogP contribution in [0.5, 0.6) is 5.75 Å². The minimum absolute atomic E-state index is 0.128. The Morgan fingerprint density at radius 3 is 2.55 bits per heavy atom. The Morgan fingerprint density at radius 2 is 1.90 bits per heavy atom. The third-order valence-electron chi connectivity index (χ3n) is 3.06. The summed E-state index contributed by atoms with van der Waals surface area (Å²) >= 11 is 0. The molecule has 0 bridgehead atoms. The molecule has 0 aliphatic rings. The van der Waals surface area contributed by atoms with Crippen LogP contribution in [-0.2, 0) is 0 Å². The maximum atomic E-state index is 13.6. The zero-order valence-corrected chi connectivity index (χ0v) is 11.2. The fourth-order valence-corrected chi connectivity index (χ4v) is 1.85. The summed E-state index contributed by atoms with van der Waals surface area (Å²) in [6, 6.07) is 6.88. The molecule has 0 aliphatic heterocycles. The third-order valence-corrected chi connectivity index (χ3v) is 3.06. The van der Waals surface area contributed by atoms with E-state index in [1.165, 1.54) is 12.1 Å². The SMILES string of the molecule is Cc1cc(NC(=O)c2ccc(O)cc2F)c(C)cc1N. The Labute approximate surface area is 116 Å². The molecule has 0 aliphatic carbocycles. The average molecular weight is 274 g/mol. The van der Waals surface area contributed by atoms with Crippen molar-refractivity contribution in [3.05, 3.63) is 52.8 Å². The van der Waals surface area contributed by atoms with E-state index in [1.54, 1.807) is 19.1 Å². The Bertz CT molecular complexity index is 684. The summed E-state index contributed by atoms with van der Waals surface area (Å²) in [4.78, 5) is 12.0. The molecule has 2 aromatic carbocycles. The molecule has 2 rings (SSSR count). The van der Waals surface area contributed by atoms with Crippen molar-refractivity contribution < 1.29 is 14.3 Å². The number of aryl methyl sites for hydroxylation is 2. The molecule has 104 valence electrons. The number of anilines is 2. The van der Waals surface area contributed by atoms with Crippen LogP contribution in [0.2, 0.25) is 0 Å². The second-order valence-corrected chi connectivity index (χ2v) is 4.64. The molecular formula is C15H15FN2O2. The number of carbonyl (C=O) groups is 1. The molecule has 0 spiro atoms. The number of amides is 1. The van der Waals surface area contributed by atoms with Crippen molar-refractivity contribution >= 4 is 17.3 Å². The van der Waals surface area contributed by atoms with E-state index in [2.05, 4.69) is 5.32 Å². The van der Waals surface area contributed by atoms with Gasteiger partial charge in [-0.1, -0.05) is 0 Å². The predicted octanol–water partition coefficient (Wildman–Crippen LogP) is 2.98. The van der Waals surface area contributed by atoms with E-state index < -0.39 is 11.7 Å². The number of nitrogens with one attached hydrogen (secondary N) is 1. The van der Waals surface area contributed by atoms with Crippen LogP contribution in [0.1, 0.15) is 21.5 Å². The Balaban J connectivity index is 2.30. The first kappa shape index (κ1) is 13.9. The minimum Gasteiger partial charge on any atom is -0.508 e. The summed E-state index contributed by atoms with van der Waals surface area (Å²) in [5, 5.41) is 11.8. The zero-order valence-electron chi connectivity index (χ0n) is 11.2. The maximum Gasteiger partial charge on any atom is 0.258 e. The van der Waals surface area contributed by atoms with Gasteiger partial charge in [0.25, 0.3) is 5.91 Å². The molecular weight excluding hydrogens is 259 g/mol. The molecule has 0 heterocycles. The largest absolute Gasteiger partial charge is 0.508 e. The number of hydrogen-bond donors (Lipinski definition) is 3. The summed E-state index contributed by atoms with van der Waals surface area (Å²) in [6.45, 7) is 3.63. The van der Waals surface area contributed by atoms with Gasteiger partial charge in [-0.3, -0.25) is 4.79 Å². The van der Waals surface area contributed by atoms with Crippen LogP contribution in [-0.4, -0.2) is 11.0 Å². The number of phenolic OH excluding ortho intramolecular Hbond substituents is 1. The van der Waals surface area contributed by atoms with Crippen molar-refractivity contribution in [3.8, 4) is 5.75 Å². The smallest absolute Gasteiger partial charge is 0.258 e. The van der Waals surface area contributed by atoms with Gasteiger partial charge >= 0.3 is 0 Å². The minimum atomic E-state index is -0.771. The van der Waals surface area contributed by atoms with Gasteiger partial charge in [-0.25, -0.2) is 4.39 Å². The molecule has 1 amide bonds. The zero-order chi connectivity index (χ0) is 14.9. The first-order valence-corrected chi connectivity index (χ1v) is 6.05. The lowest BCUT2D eigenvalue weighted by Gasteiger charge is -2.11. The maximum absolute atomic E-state index is 13.6. The highest BCUT2D eigenvalue weighted by molar-refractivity contribution is 6.05. The second kappa shape index (κ2) is 5.21. The number of nitrogen functional groups attached to an aromatic ring is 1. The van der Waals surface area contributed by atoms with Crippen LogP contribution in [0, 0.1) is 19.7 Å². The van der Waals surface area contributed by atoms with E-state index >= 15 is 0 Å². The monoisotopic (exact) mass is 274 g/mol. The van der Waals surface area contributed by atoms with Crippen LogP contribution < -0.4 is 11.1 Å². The van der Waals surface area contributed by atoms with Gasteiger partial charge in [-0.15, -0.1) is 0 Å². The van der Waals surface area contributed by atoms with Gasteiger partial charge in [-0.05, 0) is 49.2 Å². The molecule has 0 radical (unpaired) electrons. The highest BCUT2D eigenvalue weighted by atomic mass is 19.1. The van der Waals surface area contributed by atoms with E-state index in [4.69, 9.17) is 10.8 Å². The molecule has 4 N–H and O–H groups in total. The van der Waals surface area contributed by atoms with E-state index in [0.29, 0.717) is 11.4 Å². The Hall–Kier alpha value is -2.56. The van der Waals surface area contributed by atoms with Gasteiger partial charge in [0.1, 0.15) is 11.6 Å². The lowest BCUT2D eigenvalue weighted by atomic mass is 10.1. The van der Waals surface area contributed by atoms with E-state index in [9.17, 15) is 9.18 Å². The fraction of sp³-hybridized carbons (Fsp3) is 0.133. The summed E-state index contributed by atoms with van der Waals surface area (Å²) in [5.74, 6) is -1.57. The van der Waals surface area contributed by atoms with Crippen molar-refractivity contribution in [2.75, 3.05) is 11.1 Å². The quantitative estimate of drug-likeness (QED) is 0.737. The van der Waals surface area contributed by atoms with Gasteiger partial charge < -0.3 is 16.2 Å². The lowest BCUT2D eigenvalue weighted by molar-refractivity contribution is 0.102. The Kier molecular flexibility index (Phi) is 3.61. The van der Waals surface area contributed by atoms with Gasteiger partial charge in [-0.2, -0.15) is 0 Å². The molecule has 5 heteroatoms. The van der Waals surface area contributed by atoms with Crippen LogP contribution >= 0.6 is 0 Å². The Morgan fingerprint density at radius 1 is 1.20 bits per heavy atom. The van der Waals surface area contributed by atoms with Gasteiger partial charge in [0.05, 0.1) is 5.56 Å². The van der Waals surface area contributed by atoms with Gasteiger partial charge in [0.2, 0.25) is 0 Å². The number of halogens is 1. The fourth-order valence-electron chi connectivity index (χ4n) is 1.85. The summed E-state index contributed by atoms with van der Waals surface area (Å²) < 4.78 is 13.6. The molecule has 0 fully saturated rings. The van der Waals surface area contributed by atoms with Crippen molar-refractivity contribution in [2.24, 2.45) is 0 Å². The molecule has 2 aromatic rings. The number of hydrogen-bond acceptors (Lipinski definition) is 3. The summed E-state index contributed by atoms with van der Waals surface area (Å²) in [6.07, 6.45) is 0. The average Bonchev–Trinajstić information content (AvgIpc) is 2.35. The number of rotatable bonds is 2. The first-order chi connectivity index (χ1) is 9.38. The second-order valence-electron chi connectivity index (χ2n) is 4.64. The lowest BCUT2D eigenvalue weighted by Crippen LogP contribution is -2.14. The highest BCUT2D eigenvalue weighted by Gasteiger charge is 2.14.